The average Bonchev–Trinajstić information content (AvgIpc) is 2.95. The van der Waals surface area contributed by atoms with Gasteiger partial charge in [-0.05, 0) is 55.7 Å². The summed E-state index contributed by atoms with van der Waals surface area (Å²) in [7, 11) is 3.15. The van der Waals surface area contributed by atoms with Crippen molar-refractivity contribution in [3.63, 3.8) is 0 Å². The molecule has 2 heterocycles. The number of rotatable bonds is 5. The molecule has 0 aliphatic carbocycles. The van der Waals surface area contributed by atoms with Gasteiger partial charge in [0.15, 0.2) is 0 Å². The quantitative estimate of drug-likeness (QED) is 0.610. The predicted octanol–water partition coefficient (Wildman–Crippen LogP) is 5.20. The fourth-order valence-corrected chi connectivity index (χ4v) is 3.94. The van der Waals surface area contributed by atoms with Crippen LogP contribution in [0.3, 0.4) is 0 Å². The fraction of sp³-hybridized carbons (Fsp3) is 0.304. The molecule has 1 N–H and O–H groups in total. The van der Waals surface area contributed by atoms with Crippen molar-refractivity contribution in [1.29, 1.82) is 0 Å². The SMILES string of the molecule is COc1ccc(OC)c(NC(=O)c2nc(-c3ccc(Cl)cc3)n3c2CCCCC3)c1. The molecule has 0 fully saturated rings. The number of nitrogens with one attached hydrogen (secondary N) is 1. The molecular formula is C23H24ClN3O3. The number of ether oxygens (including phenoxy) is 2. The summed E-state index contributed by atoms with van der Waals surface area (Å²) in [6.45, 7) is 0.843. The zero-order valence-electron chi connectivity index (χ0n) is 17.1. The standard InChI is InChI=1S/C23H24ClN3O3/c1-29-17-11-12-20(30-2)18(14-17)25-23(28)21-19-6-4-3-5-13-27(19)22(26-21)15-7-9-16(24)10-8-15/h7-12,14H,3-6,13H2,1-2H3,(H,25,28). The van der Waals surface area contributed by atoms with E-state index in [1.807, 2.05) is 24.3 Å². The zero-order chi connectivity index (χ0) is 21.1. The van der Waals surface area contributed by atoms with Gasteiger partial charge in [0.1, 0.15) is 23.0 Å². The number of nitrogens with zero attached hydrogens (tertiary/aromatic N) is 2. The topological polar surface area (TPSA) is 65.4 Å². The molecule has 4 rings (SSSR count). The first-order chi connectivity index (χ1) is 14.6. The predicted molar refractivity (Wildman–Crippen MR) is 118 cm³/mol. The van der Waals surface area contributed by atoms with Gasteiger partial charge in [-0.25, -0.2) is 4.98 Å². The molecule has 6 nitrogen and oxygen atoms in total. The highest BCUT2D eigenvalue weighted by Gasteiger charge is 2.25. The molecule has 0 saturated carbocycles. The molecule has 1 aromatic heterocycles. The molecule has 30 heavy (non-hydrogen) atoms. The Morgan fingerprint density at radius 3 is 2.60 bits per heavy atom. The van der Waals surface area contributed by atoms with Gasteiger partial charge in [-0.2, -0.15) is 0 Å². The number of imidazole rings is 1. The van der Waals surface area contributed by atoms with Gasteiger partial charge in [0.25, 0.3) is 5.91 Å². The summed E-state index contributed by atoms with van der Waals surface area (Å²) in [5.74, 6) is 1.74. The largest absolute Gasteiger partial charge is 0.497 e. The minimum absolute atomic E-state index is 0.257. The van der Waals surface area contributed by atoms with Crippen LogP contribution in [0.25, 0.3) is 11.4 Å². The molecule has 0 bridgehead atoms. The fourth-order valence-electron chi connectivity index (χ4n) is 3.81. The van der Waals surface area contributed by atoms with E-state index in [4.69, 9.17) is 26.1 Å². The molecule has 0 saturated heterocycles. The van der Waals surface area contributed by atoms with Crippen LogP contribution in [0.1, 0.15) is 35.4 Å². The number of benzene rings is 2. The highest BCUT2D eigenvalue weighted by Crippen LogP contribution is 2.31. The van der Waals surface area contributed by atoms with E-state index in [0.717, 1.165) is 49.3 Å². The van der Waals surface area contributed by atoms with E-state index in [2.05, 4.69) is 9.88 Å². The lowest BCUT2D eigenvalue weighted by Gasteiger charge is -2.12. The van der Waals surface area contributed by atoms with Crippen LogP contribution in [0.4, 0.5) is 5.69 Å². The lowest BCUT2D eigenvalue weighted by atomic mass is 10.1. The van der Waals surface area contributed by atoms with Crippen molar-refractivity contribution in [2.75, 3.05) is 19.5 Å². The Labute approximate surface area is 180 Å². The van der Waals surface area contributed by atoms with Crippen molar-refractivity contribution >= 4 is 23.2 Å². The Balaban J connectivity index is 1.73. The molecule has 156 valence electrons. The number of aromatic nitrogens is 2. The van der Waals surface area contributed by atoms with Crippen LogP contribution >= 0.6 is 11.6 Å². The van der Waals surface area contributed by atoms with E-state index < -0.39 is 0 Å². The van der Waals surface area contributed by atoms with Crippen LogP contribution < -0.4 is 14.8 Å². The monoisotopic (exact) mass is 425 g/mol. The van der Waals surface area contributed by atoms with Crippen molar-refractivity contribution in [3.05, 3.63) is 58.9 Å². The third-order valence-electron chi connectivity index (χ3n) is 5.34. The van der Waals surface area contributed by atoms with E-state index in [1.54, 1.807) is 32.4 Å². The summed E-state index contributed by atoms with van der Waals surface area (Å²) in [6.07, 6.45) is 4.05. The number of amides is 1. The third kappa shape index (κ3) is 4.00. The molecule has 0 radical (unpaired) electrons. The molecule has 1 aliphatic rings. The second-order valence-corrected chi connectivity index (χ2v) is 7.66. The maximum absolute atomic E-state index is 13.3. The molecule has 3 aromatic rings. The van der Waals surface area contributed by atoms with Gasteiger partial charge in [0, 0.05) is 23.2 Å². The van der Waals surface area contributed by atoms with Gasteiger partial charge in [-0.1, -0.05) is 18.0 Å². The van der Waals surface area contributed by atoms with Gasteiger partial charge < -0.3 is 19.4 Å². The summed E-state index contributed by atoms with van der Waals surface area (Å²) in [6, 6.07) is 12.9. The average molecular weight is 426 g/mol. The van der Waals surface area contributed by atoms with Gasteiger partial charge in [0.2, 0.25) is 0 Å². The summed E-state index contributed by atoms with van der Waals surface area (Å²) in [5.41, 5.74) is 2.91. The first-order valence-corrected chi connectivity index (χ1v) is 10.4. The van der Waals surface area contributed by atoms with Crippen LogP contribution in [0.15, 0.2) is 42.5 Å². The smallest absolute Gasteiger partial charge is 0.276 e. The maximum Gasteiger partial charge on any atom is 0.276 e. The summed E-state index contributed by atoms with van der Waals surface area (Å²) in [4.78, 5) is 18.0. The van der Waals surface area contributed by atoms with Crippen LogP contribution in [0.2, 0.25) is 5.02 Å². The van der Waals surface area contributed by atoms with E-state index in [1.165, 1.54) is 0 Å². The number of methoxy groups -OCH3 is 2. The van der Waals surface area contributed by atoms with Crippen molar-refractivity contribution < 1.29 is 14.3 Å². The normalized spacial score (nSPS) is 13.3. The number of hydrogen-bond acceptors (Lipinski definition) is 4. The number of hydrogen-bond donors (Lipinski definition) is 1. The molecule has 7 heteroatoms. The molecule has 0 atom stereocenters. The second kappa shape index (κ2) is 8.79. The number of halogens is 1. The Bertz CT molecular complexity index is 1060. The van der Waals surface area contributed by atoms with Crippen molar-refractivity contribution in [2.45, 2.75) is 32.2 Å². The first-order valence-electron chi connectivity index (χ1n) is 9.99. The van der Waals surface area contributed by atoms with Crippen LogP contribution in [-0.2, 0) is 13.0 Å². The van der Waals surface area contributed by atoms with Crippen molar-refractivity contribution in [3.8, 4) is 22.9 Å². The molecule has 0 unspecified atom stereocenters. The Morgan fingerprint density at radius 2 is 1.87 bits per heavy atom. The summed E-state index contributed by atoms with van der Waals surface area (Å²) >= 11 is 6.05. The van der Waals surface area contributed by atoms with E-state index in [9.17, 15) is 4.79 Å². The Morgan fingerprint density at radius 1 is 1.07 bits per heavy atom. The van der Waals surface area contributed by atoms with Gasteiger partial charge >= 0.3 is 0 Å². The van der Waals surface area contributed by atoms with Gasteiger partial charge in [-0.3, -0.25) is 4.79 Å². The highest BCUT2D eigenvalue weighted by atomic mass is 35.5. The van der Waals surface area contributed by atoms with E-state index in [0.29, 0.717) is 27.9 Å². The van der Waals surface area contributed by atoms with E-state index >= 15 is 0 Å². The van der Waals surface area contributed by atoms with Crippen LogP contribution in [0.5, 0.6) is 11.5 Å². The number of anilines is 1. The summed E-state index contributed by atoms with van der Waals surface area (Å²) < 4.78 is 12.8. The third-order valence-corrected chi connectivity index (χ3v) is 5.59. The van der Waals surface area contributed by atoms with Crippen LogP contribution in [-0.4, -0.2) is 29.7 Å². The molecule has 0 spiro atoms. The first kappa shape index (κ1) is 20.3. The highest BCUT2D eigenvalue weighted by molar-refractivity contribution is 6.30. The minimum Gasteiger partial charge on any atom is -0.497 e. The second-order valence-electron chi connectivity index (χ2n) is 7.22. The molecule has 1 aliphatic heterocycles. The van der Waals surface area contributed by atoms with Crippen molar-refractivity contribution in [1.82, 2.24) is 9.55 Å². The molecular weight excluding hydrogens is 402 g/mol. The molecule has 1 amide bonds. The number of fused-ring (bicyclic) bond motifs is 1. The van der Waals surface area contributed by atoms with E-state index in [-0.39, 0.29) is 5.91 Å². The van der Waals surface area contributed by atoms with Crippen molar-refractivity contribution in [2.24, 2.45) is 0 Å². The summed E-state index contributed by atoms with van der Waals surface area (Å²) in [5, 5.41) is 3.63. The van der Waals surface area contributed by atoms with Gasteiger partial charge in [-0.15, -0.1) is 0 Å². The molecule has 2 aromatic carbocycles. The number of carbonyl (C=O) groups excluding carboxylic acids is 1. The minimum atomic E-state index is -0.257. The number of carbonyl (C=O) groups is 1. The van der Waals surface area contributed by atoms with Gasteiger partial charge in [0.05, 0.1) is 25.6 Å². The lowest BCUT2D eigenvalue weighted by Crippen LogP contribution is -2.16. The zero-order valence-corrected chi connectivity index (χ0v) is 17.8. The Kier molecular flexibility index (Phi) is 5.95. The Hall–Kier alpha value is -2.99. The van der Waals surface area contributed by atoms with Crippen LogP contribution in [0, 0.1) is 0 Å². The lowest BCUT2D eigenvalue weighted by molar-refractivity contribution is 0.102. The maximum atomic E-state index is 13.3.